The number of halogens is 2. The molecule has 1 aliphatic heterocycles. The van der Waals surface area contributed by atoms with Crippen molar-refractivity contribution in [2.24, 2.45) is 5.92 Å². The van der Waals surface area contributed by atoms with Crippen LogP contribution in [0.5, 0.6) is 0 Å². The number of piperidine rings is 1. The number of aromatic nitrogens is 1. The monoisotopic (exact) mass is 440 g/mol. The molecule has 0 spiro atoms. The maximum Gasteiger partial charge on any atom is 0.273 e. The van der Waals surface area contributed by atoms with Gasteiger partial charge in [0.1, 0.15) is 5.69 Å². The van der Waals surface area contributed by atoms with Crippen molar-refractivity contribution in [2.45, 2.75) is 32.7 Å². The van der Waals surface area contributed by atoms with Gasteiger partial charge in [0.15, 0.2) is 5.13 Å². The molecule has 6 nitrogen and oxygen atoms in total. The van der Waals surface area contributed by atoms with Gasteiger partial charge in [-0.25, -0.2) is 4.98 Å². The summed E-state index contributed by atoms with van der Waals surface area (Å²) in [5, 5.41) is 9.29. The van der Waals surface area contributed by atoms with Crippen molar-refractivity contribution in [1.82, 2.24) is 15.2 Å². The van der Waals surface area contributed by atoms with Crippen LogP contribution in [0.4, 0.5) is 10.8 Å². The molecular formula is C19H22Cl2N4O2S. The van der Waals surface area contributed by atoms with E-state index < -0.39 is 0 Å². The number of nitrogens with one attached hydrogen (secondary N) is 2. The van der Waals surface area contributed by atoms with E-state index in [2.05, 4.69) is 15.6 Å². The minimum atomic E-state index is -0.174. The molecule has 1 aromatic heterocycles. The highest BCUT2D eigenvalue weighted by Crippen LogP contribution is 2.28. The largest absolute Gasteiger partial charge is 0.354 e. The van der Waals surface area contributed by atoms with Gasteiger partial charge in [-0.05, 0) is 44.9 Å². The van der Waals surface area contributed by atoms with E-state index >= 15 is 0 Å². The normalized spacial score (nSPS) is 16.9. The SMILES string of the molecule is CC(C)NC(=O)C1CCCN(C(=O)c2csc(Nc3ccc(Cl)c(Cl)c3)n2)C1. The highest BCUT2D eigenvalue weighted by atomic mass is 35.5. The van der Waals surface area contributed by atoms with Crippen molar-refractivity contribution in [3.8, 4) is 0 Å². The Balaban J connectivity index is 1.64. The maximum absolute atomic E-state index is 12.8. The molecule has 0 radical (unpaired) electrons. The Labute approximate surface area is 178 Å². The summed E-state index contributed by atoms with van der Waals surface area (Å²) in [7, 11) is 0. The Kier molecular flexibility index (Phi) is 6.80. The number of likely N-dealkylation sites (tertiary alicyclic amines) is 1. The van der Waals surface area contributed by atoms with E-state index in [4.69, 9.17) is 23.2 Å². The van der Waals surface area contributed by atoms with Crippen molar-refractivity contribution in [2.75, 3.05) is 18.4 Å². The van der Waals surface area contributed by atoms with Gasteiger partial charge in [-0.15, -0.1) is 11.3 Å². The zero-order valence-electron chi connectivity index (χ0n) is 15.7. The van der Waals surface area contributed by atoms with Gasteiger partial charge in [-0.1, -0.05) is 23.2 Å². The van der Waals surface area contributed by atoms with Crippen molar-refractivity contribution in [3.05, 3.63) is 39.3 Å². The number of anilines is 2. The Bertz CT molecular complexity index is 871. The van der Waals surface area contributed by atoms with Crippen molar-refractivity contribution < 1.29 is 9.59 Å². The lowest BCUT2D eigenvalue weighted by Crippen LogP contribution is -2.46. The third-order valence-corrected chi connectivity index (χ3v) is 5.90. The van der Waals surface area contributed by atoms with Gasteiger partial charge in [0.2, 0.25) is 5.91 Å². The van der Waals surface area contributed by atoms with Crippen LogP contribution in [-0.4, -0.2) is 40.8 Å². The molecular weight excluding hydrogens is 419 g/mol. The second-order valence-electron chi connectivity index (χ2n) is 7.05. The first-order valence-corrected chi connectivity index (χ1v) is 10.7. The third kappa shape index (κ3) is 5.16. The number of rotatable bonds is 5. The summed E-state index contributed by atoms with van der Waals surface area (Å²) in [5.74, 6) is -0.319. The second-order valence-corrected chi connectivity index (χ2v) is 8.72. The van der Waals surface area contributed by atoms with Crippen LogP contribution in [0.25, 0.3) is 0 Å². The molecule has 28 heavy (non-hydrogen) atoms. The Hall–Kier alpha value is -1.83. The molecule has 1 saturated heterocycles. The molecule has 3 rings (SSSR count). The van der Waals surface area contributed by atoms with Crippen molar-refractivity contribution in [3.63, 3.8) is 0 Å². The summed E-state index contributed by atoms with van der Waals surface area (Å²) >= 11 is 13.3. The maximum atomic E-state index is 12.8. The van der Waals surface area contributed by atoms with Crippen LogP contribution in [0.2, 0.25) is 10.0 Å². The lowest BCUT2D eigenvalue weighted by atomic mass is 9.96. The molecule has 1 aromatic carbocycles. The Morgan fingerprint density at radius 2 is 2.07 bits per heavy atom. The molecule has 2 aromatic rings. The number of amides is 2. The van der Waals surface area contributed by atoms with Crippen molar-refractivity contribution in [1.29, 1.82) is 0 Å². The predicted molar refractivity (Wildman–Crippen MR) is 114 cm³/mol. The highest BCUT2D eigenvalue weighted by Gasteiger charge is 2.30. The third-order valence-electron chi connectivity index (χ3n) is 4.40. The Morgan fingerprint density at radius 3 is 2.79 bits per heavy atom. The average Bonchev–Trinajstić information content (AvgIpc) is 3.12. The zero-order chi connectivity index (χ0) is 20.3. The van der Waals surface area contributed by atoms with Gasteiger partial charge in [-0.2, -0.15) is 0 Å². The highest BCUT2D eigenvalue weighted by molar-refractivity contribution is 7.14. The molecule has 1 unspecified atom stereocenters. The number of hydrogen-bond acceptors (Lipinski definition) is 5. The second kappa shape index (κ2) is 9.11. The molecule has 2 N–H and O–H groups in total. The first-order chi connectivity index (χ1) is 13.3. The fourth-order valence-corrected chi connectivity index (χ4v) is 4.07. The van der Waals surface area contributed by atoms with E-state index in [-0.39, 0.29) is 23.8 Å². The number of carbonyl (C=O) groups excluding carboxylic acids is 2. The summed E-state index contributed by atoms with van der Waals surface area (Å²) in [5.41, 5.74) is 1.11. The van der Waals surface area contributed by atoms with E-state index in [1.165, 1.54) is 11.3 Å². The predicted octanol–water partition coefficient (Wildman–Crippen LogP) is 4.57. The molecule has 0 saturated carbocycles. The first kappa shape index (κ1) is 20.9. The van der Waals surface area contributed by atoms with Gasteiger partial charge in [0, 0.05) is 30.2 Å². The molecule has 2 amide bonds. The minimum absolute atomic E-state index is 0.00718. The van der Waals surface area contributed by atoms with Crippen LogP contribution in [0, 0.1) is 5.92 Å². The van der Waals surface area contributed by atoms with Crippen molar-refractivity contribution >= 4 is 57.2 Å². The molecule has 1 aliphatic rings. The fraction of sp³-hybridized carbons (Fsp3) is 0.421. The number of nitrogens with zero attached hydrogens (tertiary/aromatic N) is 2. The number of benzene rings is 1. The van der Waals surface area contributed by atoms with Crippen LogP contribution in [0.1, 0.15) is 37.2 Å². The fourth-order valence-electron chi connectivity index (χ4n) is 3.07. The summed E-state index contributed by atoms with van der Waals surface area (Å²) < 4.78 is 0. The smallest absolute Gasteiger partial charge is 0.273 e. The van der Waals surface area contributed by atoms with E-state index in [9.17, 15) is 9.59 Å². The Morgan fingerprint density at radius 1 is 1.29 bits per heavy atom. The molecule has 2 heterocycles. The van der Waals surface area contributed by atoms with Crippen LogP contribution in [0.3, 0.4) is 0 Å². The van der Waals surface area contributed by atoms with E-state index in [1.54, 1.807) is 28.5 Å². The lowest BCUT2D eigenvalue weighted by molar-refractivity contribution is -0.126. The van der Waals surface area contributed by atoms with Crippen LogP contribution >= 0.6 is 34.5 Å². The minimum Gasteiger partial charge on any atom is -0.354 e. The molecule has 1 fully saturated rings. The van der Waals surface area contributed by atoms with Gasteiger partial charge in [0.05, 0.1) is 16.0 Å². The van der Waals surface area contributed by atoms with Gasteiger partial charge < -0.3 is 15.5 Å². The molecule has 150 valence electrons. The summed E-state index contributed by atoms with van der Waals surface area (Å²) in [4.78, 5) is 31.2. The molecule has 9 heteroatoms. The van der Waals surface area contributed by atoms with Gasteiger partial charge >= 0.3 is 0 Å². The summed E-state index contributed by atoms with van der Waals surface area (Å²) in [6.45, 7) is 4.92. The van der Waals surface area contributed by atoms with Crippen LogP contribution in [-0.2, 0) is 4.79 Å². The molecule has 0 aliphatic carbocycles. The molecule has 1 atom stereocenters. The van der Waals surface area contributed by atoms with Gasteiger partial charge in [-0.3, -0.25) is 9.59 Å². The lowest BCUT2D eigenvalue weighted by Gasteiger charge is -2.32. The van der Waals surface area contributed by atoms with E-state index in [0.717, 1.165) is 18.5 Å². The number of hydrogen-bond donors (Lipinski definition) is 2. The number of thiazole rings is 1. The number of carbonyl (C=O) groups is 2. The first-order valence-electron chi connectivity index (χ1n) is 9.10. The topological polar surface area (TPSA) is 74.3 Å². The zero-order valence-corrected chi connectivity index (χ0v) is 18.0. The average molecular weight is 441 g/mol. The summed E-state index contributed by atoms with van der Waals surface area (Å²) in [6.07, 6.45) is 1.60. The summed E-state index contributed by atoms with van der Waals surface area (Å²) in [6, 6.07) is 5.28. The molecule has 0 bridgehead atoms. The van der Waals surface area contributed by atoms with Crippen LogP contribution in [0.15, 0.2) is 23.6 Å². The quantitative estimate of drug-likeness (QED) is 0.713. The van der Waals surface area contributed by atoms with E-state index in [0.29, 0.717) is 34.0 Å². The van der Waals surface area contributed by atoms with E-state index in [1.807, 2.05) is 13.8 Å². The van der Waals surface area contributed by atoms with Crippen LogP contribution < -0.4 is 10.6 Å². The standard InChI is InChI=1S/C19H22Cl2N4O2S/c1-11(2)22-17(26)12-4-3-7-25(9-12)18(27)16-10-28-19(24-16)23-13-5-6-14(20)15(21)8-13/h5-6,8,10-12H,3-4,7,9H2,1-2H3,(H,22,26)(H,23,24). The van der Waals surface area contributed by atoms with Gasteiger partial charge in [0.25, 0.3) is 5.91 Å².